The fourth-order valence-electron chi connectivity index (χ4n) is 1.71. The summed E-state index contributed by atoms with van der Waals surface area (Å²) in [5.41, 5.74) is 0.585. The second-order valence-electron chi connectivity index (χ2n) is 3.91. The van der Waals surface area contributed by atoms with Crippen molar-refractivity contribution in [1.82, 2.24) is 14.6 Å². The first-order valence-electron chi connectivity index (χ1n) is 5.60. The molecule has 0 aliphatic carbocycles. The molecule has 2 heterocycles. The first kappa shape index (κ1) is 11.9. The number of fused-ring (bicyclic) bond motifs is 1. The summed E-state index contributed by atoms with van der Waals surface area (Å²) in [5, 5.41) is 8.53. The quantitative estimate of drug-likeness (QED) is 0.738. The number of nitrogens with zero attached hydrogens (tertiary/aromatic N) is 3. The lowest BCUT2D eigenvalue weighted by molar-refractivity contribution is 0.294. The topological polar surface area (TPSA) is 39.4 Å². The lowest BCUT2D eigenvalue weighted by Gasteiger charge is -2.04. The Balaban J connectivity index is 1.82. The zero-order valence-electron chi connectivity index (χ0n) is 9.75. The molecule has 0 fully saturated rings. The van der Waals surface area contributed by atoms with Gasteiger partial charge >= 0.3 is 0 Å². The predicted octanol–water partition coefficient (Wildman–Crippen LogP) is 3.10. The Bertz CT molecular complexity index is 711. The van der Waals surface area contributed by atoms with Crippen molar-refractivity contribution in [2.75, 3.05) is 0 Å². The fraction of sp³-hybridized carbons (Fsp3) is 0.0769. The number of aromatic nitrogens is 3. The molecule has 0 N–H and O–H groups in total. The van der Waals surface area contributed by atoms with Gasteiger partial charge in [-0.15, -0.1) is 10.2 Å². The summed E-state index contributed by atoms with van der Waals surface area (Å²) in [6.45, 7) is 0.229. The molecule has 0 saturated heterocycles. The van der Waals surface area contributed by atoms with Crippen molar-refractivity contribution < 1.29 is 9.13 Å². The minimum absolute atomic E-state index is 0.229. The van der Waals surface area contributed by atoms with Crippen LogP contribution in [0.15, 0.2) is 42.6 Å². The molecule has 0 aliphatic rings. The lowest BCUT2D eigenvalue weighted by atomic mass is 10.3. The third kappa shape index (κ3) is 2.37. The van der Waals surface area contributed by atoms with Gasteiger partial charge in [0.15, 0.2) is 11.5 Å². The Morgan fingerprint density at radius 1 is 1.16 bits per heavy atom. The van der Waals surface area contributed by atoms with Gasteiger partial charge in [0.2, 0.25) is 0 Å². The third-order valence-corrected chi connectivity index (χ3v) is 2.93. The Hall–Kier alpha value is -2.14. The SMILES string of the molecule is Fc1ccc(OCc2nnc3c(Cl)cccn23)cc1. The highest BCUT2D eigenvalue weighted by Crippen LogP contribution is 2.17. The molecule has 0 aliphatic heterocycles. The Kier molecular flexibility index (Phi) is 3.05. The van der Waals surface area contributed by atoms with Gasteiger partial charge in [-0.3, -0.25) is 4.40 Å². The van der Waals surface area contributed by atoms with E-state index in [-0.39, 0.29) is 12.4 Å². The van der Waals surface area contributed by atoms with Crippen LogP contribution < -0.4 is 4.74 Å². The van der Waals surface area contributed by atoms with Gasteiger partial charge in [0.1, 0.15) is 18.2 Å². The van der Waals surface area contributed by atoms with Crippen molar-refractivity contribution >= 4 is 17.2 Å². The summed E-state index contributed by atoms with van der Waals surface area (Å²) in [6.07, 6.45) is 1.81. The highest BCUT2D eigenvalue weighted by Gasteiger charge is 2.08. The number of pyridine rings is 1. The number of ether oxygens (including phenoxy) is 1. The van der Waals surface area contributed by atoms with E-state index in [1.807, 2.05) is 6.20 Å². The van der Waals surface area contributed by atoms with Crippen LogP contribution in [0.1, 0.15) is 5.82 Å². The van der Waals surface area contributed by atoms with E-state index in [1.165, 1.54) is 12.1 Å². The van der Waals surface area contributed by atoms with Crippen molar-refractivity contribution in [1.29, 1.82) is 0 Å². The maximum Gasteiger partial charge on any atom is 0.179 e. The maximum absolute atomic E-state index is 12.8. The van der Waals surface area contributed by atoms with Gasteiger partial charge in [0, 0.05) is 6.20 Å². The number of hydrogen-bond acceptors (Lipinski definition) is 3. The molecule has 3 rings (SSSR count). The molecule has 0 unspecified atom stereocenters. The maximum atomic E-state index is 12.8. The van der Waals surface area contributed by atoms with E-state index in [2.05, 4.69) is 10.2 Å². The minimum atomic E-state index is -0.299. The standard InChI is InChI=1S/C13H9ClFN3O/c14-11-2-1-7-18-12(16-17-13(11)18)8-19-10-5-3-9(15)4-6-10/h1-7H,8H2. The highest BCUT2D eigenvalue weighted by atomic mass is 35.5. The van der Waals surface area contributed by atoms with E-state index in [4.69, 9.17) is 16.3 Å². The van der Waals surface area contributed by atoms with Crippen molar-refractivity contribution in [2.45, 2.75) is 6.61 Å². The van der Waals surface area contributed by atoms with Crippen LogP contribution in [0.25, 0.3) is 5.65 Å². The monoisotopic (exact) mass is 277 g/mol. The van der Waals surface area contributed by atoms with Crippen LogP contribution in [0.4, 0.5) is 4.39 Å². The van der Waals surface area contributed by atoms with Gasteiger partial charge in [-0.1, -0.05) is 11.6 Å². The van der Waals surface area contributed by atoms with Gasteiger partial charge in [-0.2, -0.15) is 0 Å². The van der Waals surface area contributed by atoms with Crippen LogP contribution in [-0.2, 0) is 6.61 Å². The molecule has 96 valence electrons. The molecular formula is C13H9ClFN3O. The summed E-state index contributed by atoms with van der Waals surface area (Å²) in [5.74, 6) is 0.897. The first-order valence-corrected chi connectivity index (χ1v) is 5.98. The van der Waals surface area contributed by atoms with Gasteiger partial charge in [0.05, 0.1) is 5.02 Å². The zero-order valence-corrected chi connectivity index (χ0v) is 10.5. The summed E-state index contributed by atoms with van der Waals surface area (Å²) in [6, 6.07) is 9.36. The Morgan fingerprint density at radius 3 is 2.74 bits per heavy atom. The molecule has 0 bridgehead atoms. The van der Waals surface area contributed by atoms with E-state index in [0.29, 0.717) is 22.2 Å². The molecule has 0 saturated carbocycles. The van der Waals surface area contributed by atoms with E-state index in [1.54, 1.807) is 28.7 Å². The average Bonchev–Trinajstić information content (AvgIpc) is 2.83. The largest absolute Gasteiger partial charge is 0.486 e. The molecule has 0 atom stereocenters. The fourth-order valence-corrected chi connectivity index (χ4v) is 1.91. The molecular weight excluding hydrogens is 269 g/mol. The molecule has 0 radical (unpaired) electrons. The number of rotatable bonds is 3. The molecule has 6 heteroatoms. The van der Waals surface area contributed by atoms with E-state index < -0.39 is 0 Å². The normalized spacial score (nSPS) is 10.8. The van der Waals surface area contributed by atoms with Crippen molar-refractivity contribution in [3.63, 3.8) is 0 Å². The van der Waals surface area contributed by atoms with Crippen LogP contribution in [0.3, 0.4) is 0 Å². The van der Waals surface area contributed by atoms with Gasteiger partial charge in [-0.25, -0.2) is 4.39 Å². The van der Waals surface area contributed by atoms with Crippen LogP contribution in [0.2, 0.25) is 5.02 Å². The highest BCUT2D eigenvalue weighted by molar-refractivity contribution is 6.33. The Morgan fingerprint density at radius 2 is 1.95 bits per heavy atom. The predicted molar refractivity (Wildman–Crippen MR) is 68.7 cm³/mol. The van der Waals surface area contributed by atoms with E-state index in [9.17, 15) is 4.39 Å². The van der Waals surface area contributed by atoms with Crippen molar-refractivity contribution in [2.24, 2.45) is 0 Å². The van der Waals surface area contributed by atoms with Gasteiger partial charge in [-0.05, 0) is 36.4 Å². The van der Waals surface area contributed by atoms with Crippen molar-refractivity contribution in [3.05, 3.63) is 59.3 Å². The van der Waals surface area contributed by atoms with Gasteiger partial charge < -0.3 is 4.74 Å². The zero-order chi connectivity index (χ0) is 13.2. The minimum Gasteiger partial charge on any atom is -0.486 e. The molecule has 2 aromatic heterocycles. The molecule has 1 aromatic carbocycles. The number of hydrogen-bond donors (Lipinski definition) is 0. The molecule has 0 amide bonds. The second-order valence-corrected chi connectivity index (χ2v) is 4.32. The number of halogens is 2. The number of benzene rings is 1. The second kappa shape index (κ2) is 4.85. The average molecular weight is 278 g/mol. The molecule has 4 nitrogen and oxygen atoms in total. The van der Waals surface area contributed by atoms with Crippen LogP contribution in [-0.4, -0.2) is 14.6 Å². The first-order chi connectivity index (χ1) is 9.24. The summed E-state index contributed by atoms with van der Waals surface area (Å²) >= 11 is 6.00. The van der Waals surface area contributed by atoms with Crippen LogP contribution in [0, 0.1) is 5.82 Å². The third-order valence-electron chi connectivity index (χ3n) is 2.64. The van der Waals surface area contributed by atoms with E-state index in [0.717, 1.165) is 0 Å². The smallest absolute Gasteiger partial charge is 0.179 e. The van der Waals surface area contributed by atoms with E-state index >= 15 is 0 Å². The molecule has 19 heavy (non-hydrogen) atoms. The molecule has 3 aromatic rings. The Labute approximate surface area is 113 Å². The lowest BCUT2D eigenvalue weighted by Crippen LogP contribution is -2.01. The summed E-state index contributed by atoms with van der Waals surface area (Å²) in [4.78, 5) is 0. The van der Waals surface area contributed by atoms with Crippen LogP contribution >= 0.6 is 11.6 Å². The summed E-state index contributed by atoms with van der Waals surface area (Å²) in [7, 11) is 0. The summed E-state index contributed by atoms with van der Waals surface area (Å²) < 4.78 is 20.0. The molecule has 0 spiro atoms. The van der Waals surface area contributed by atoms with Crippen LogP contribution in [0.5, 0.6) is 5.75 Å². The van der Waals surface area contributed by atoms with Crippen molar-refractivity contribution in [3.8, 4) is 5.75 Å². The van der Waals surface area contributed by atoms with Gasteiger partial charge in [0.25, 0.3) is 0 Å².